The number of nitrogens with zero attached hydrogens (tertiary/aromatic N) is 1. The van der Waals surface area contributed by atoms with Gasteiger partial charge in [-0.2, -0.15) is 0 Å². The van der Waals surface area contributed by atoms with E-state index in [-0.39, 0.29) is 13.2 Å². The Labute approximate surface area is 214 Å². The highest BCUT2D eigenvalue weighted by molar-refractivity contribution is 5.93. The first-order valence-electron chi connectivity index (χ1n) is 11.6. The average Bonchev–Trinajstić information content (AvgIpc) is 2.91. The topological polar surface area (TPSA) is 118 Å². The Bertz CT molecular complexity index is 1090. The number of hydrogen-bond acceptors (Lipinski definition) is 10. The Kier molecular flexibility index (Phi) is 11.0. The maximum absolute atomic E-state index is 12.3. The van der Waals surface area contributed by atoms with Crippen molar-refractivity contribution in [3.8, 4) is 11.5 Å². The van der Waals surface area contributed by atoms with E-state index < -0.39 is 30.0 Å². The minimum absolute atomic E-state index is 0.262. The maximum atomic E-state index is 12.3. The van der Waals surface area contributed by atoms with Crippen molar-refractivity contribution in [2.45, 2.75) is 6.10 Å². The van der Waals surface area contributed by atoms with Gasteiger partial charge in [-0.25, -0.2) is 19.2 Å². The number of morpholine rings is 1. The van der Waals surface area contributed by atoms with Crippen molar-refractivity contribution in [1.29, 1.82) is 0 Å². The molecule has 1 aliphatic heterocycles. The van der Waals surface area contributed by atoms with E-state index in [2.05, 4.69) is 0 Å². The van der Waals surface area contributed by atoms with Crippen LogP contribution < -0.4 is 9.47 Å². The first-order valence-corrected chi connectivity index (χ1v) is 11.6. The molecule has 37 heavy (non-hydrogen) atoms. The predicted molar refractivity (Wildman–Crippen MR) is 131 cm³/mol. The van der Waals surface area contributed by atoms with Crippen LogP contribution in [0.1, 0.15) is 0 Å². The molecule has 1 fully saturated rings. The van der Waals surface area contributed by atoms with Crippen LogP contribution in [0.5, 0.6) is 11.5 Å². The summed E-state index contributed by atoms with van der Waals surface area (Å²) in [5.41, 5.74) is 0. The first-order chi connectivity index (χ1) is 18.0. The second-order valence-electron chi connectivity index (χ2n) is 7.74. The zero-order valence-corrected chi connectivity index (χ0v) is 20.0. The molecule has 0 aliphatic carbocycles. The lowest BCUT2D eigenvalue weighted by atomic mass is 10.3. The van der Waals surface area contributed by atoms with Gasteiger partial charge in [0.1, 0.15) is 24.2 Å². The molecule has 0 N–H and O–H groups in total. The number of ether oxygens (including phenoxy) is 5. The molecule has 0 spiro atoms. The van der Waals surface area contributed by atoms with E-state index in [4.69, 9.17) is 23.7 Å². The zero-order chi connectivity index (χ0) is 26.3. The second-order valence-corrected chi connectivity index (χ2v) is 7.74. The highest BCUT2D eigenvalue weighted by Gasteiger charge is 2.21. The molecule has 2 aromatic carbocycles. The SMILES string of the molecule is O=C(/C=C/C(=O)Oc1ccccc1)OCC(CN1CCOCC1)OC(=O)/C=C/C(=O)Oc1ccccc1. The van der Waals surface area contributed by atoms with E-state index in [1.54, 1.807) is 60.7 Å². The summed E-state index contributed by atoms with van der Waals surface area (Å²) in [6, 6.07) is 16.8. The van der Waals surface area contributed by atoms with E-state index in [1.807, 2.05) is 4.90 Å². The molecule has 10 heteroatoms. The van der Waals surface area contributed by atoms with Crippen LogP contribution in [0.15, 0.2) is 85.0 Å². The standard InChI is InChI=1S/C27H27NO9/c29-24(11-12-25(30)35-21-7-3-1-4-8-21)34-20-23(19-28-15-17-33-18-16-28)37-27(32)14-13-26(31)36-22-9-5-2-6-10-22/h1-14,23H,15-20H2/b12-11+,14-13+. The molecular weight excluding hydrogens is 482 g/mol. The van der Waals surface area contributed by atoms with Gasteiger partial charge in [0.05, 0.1) is 13.2 Å². The summed E-state index contributed by atoms with van der Waals surface area (Å²) in [6.45, 7) is 2.31. The minimum Gasteiger partial charge on any atom is -0.459 e. The summed E-state index contributed by atoms with van der Waals surface area (Å²) in [7, 11) is 0. The Balaban J connectivity index is 1.50. The number of hydrogen-bond donors (Lipinski definition) is 0. The molecule has 1 saturated heterocycles. The van der Waals surface area contributed by atoms with Crippen LogP contribution in [0.3, 0.4) is 0 Å². The van der Waals surface area contributed by atoms with Gasteiger partial charge in [0.15, 0.2) is 0 Å². The Morgan fingerprint density at radius 1 is 0.730 bits per heavy atom. The smallest absolute Gasteiger partial charge is 0.336 e. The van der Waals surface area contributed by atoms with E-state index in [0.29, 0.717) is 37.8 Å². The molecule has 0 bridgehead atoms. The quantitative estimate of drug-likeness (QED) is 0.253. The van der Waals surface area contributed by atoms with Crippen molar-refractivity contribution in [1.82, 2.24) is 4.90 Å². The van der Waals surface area contributed by atoms with Crippen molar-refractivity contribution >= 4 is 23.9 Å². The van der Waals surface area contributed by atoms with Gasteiger partial charge < -0.3 is 23.7 Å². The van der Waals surface area contributed by atoms with Crippen LogP contribution in [-0.2, 0) is 33.4 Å². The van der Waals surface area contributed by atoms with Crippen LogP contribution >= 0.6 is 0 Å². The van der Waals surface area contributed by atoms with E-state index in [1.165, 1.54) is 0 Å². The maximum Gasteiger partial charge on any atom is 0.336 e. The number of carbonyl (C=O) groups is 4. The molecule has 0 amide bonds. The van der Waals surface area contributed by atoms with Crippen molar-refractivity contribution in [3.05, 3.63) is 85.0 Å². The number of benzene rings is 2. The van der Waals surface area contributed by atoms with Crippen LogP contribution in [0.2, 0.25) is 0 Å². The van der Waals surface area contributed by atoms with Crippen molar-refractivity contribution in [3.63, 3.8) is 0 Å². The third-order valence-electron chi connectivity index (χ3n) is 4.89. The lowest BCUT2D eigenvalue weighted by Gasteiger charge is -2.29. The highest BCUT2D eigenvalue weighted by atomic mass is 16.6. The van der Waals surface area contributed by atoms with Gasteiger partial charge in [-0.15, -0.1) is 0 Å². The molecule has 2 aromatic rings. The Morgan fingerprint density at radius 3 is 1.76 bits per heavy atom. The number of carbonyl (C=O) groups excluding carboxylic acids is 4. The van der Waals surface area contributed by atoms with Crippen LogP contribution in [0.4, 0.5) is 0 Å². The highest BCUT2D eigenvalue weighted by Crippen LogP contribution is 2.10. The fourth-order valence-corrected chi connectivity index (χ4v) is 3.17. The molecule has 10 nitrogen and oxygen atoms in total. The molecule has 0 aromatic heterocycles. The Morgan fingerprint density at radius 2 is 1.22 bits per heavy atom. The molecule has 0 saturated carbocycles. The molecule has 1 heterocycles. The lowest BCUT2D eigenvalue weighted by molar-refractivity contribution is -0.154. The molecule has 1 unspecified atom stereocenters. The monoisotopic (exact) mass is 509 g/mol. The van der Waals surface area contributed by atoms with Gasteiger partial charge >= 0.3 is 23.9 Å². The summed E-state index contributed by atoms with van der Waals surface area (Å²) in [4.78, 5) is 50.2. The van der Waals surface area contributed by atoms with Crippen LogP contribution in [-0.4, -0.2) is 74.3 Å². The fourth-order valence-electron chi connectivity index (χ4n) is 3.17. The largest absolute Gasteiger partial charge is 0.459 e. The predicted octanol–water partition coefficient (Wildman–Crippen LogP) is 2.10. The molecular formula is C27H27NO9. The number of rotatable bonds is 11. The number of para-hydroxylation sites is 2. The van der Waals surface area contributed by atoms with Crippen molar-refractivity contribution in [2.24, 2.45) is 0 Å². The summed E-state index contributed by atoms with van der Waals surface area (Å²) in [5, 5.41) is 0. The summed E-state index contributed by atoms with van der Waals surface area (Å²) < 4.78 is 26.0. The lowest BCUT2D eigenvalue weighted by Crippen LogP contribution is -2.43. The summed E-state index contributed by atoms with van der Waals surface area (Å²) >= 11 is 0. The van der Waals surface area contributed by atoms with Gasteiger partial charge in [-0.3, -0.25) is 4.90 Å². The minimum atomic E-state index is -0.825. The normalized spacial score (nSPS) is 14.7. The molecule has 1 atom stereocenters. The molecule has 194 valence electrons. The third-order valence-corrected chi connectivity index (χ3v) is 4.89. The average molecular weight is 510 g/mol. The van der Waals surface area contributed by atoms with Crippen molar-refractivity contribution in [2.75, 3.05) is 39.5 Å². The third kappa shape index (κ3) is 10.9. The van der Waals surface area contributed by atoms with Gasteiger partial charge in [0.25, 0.3) is 0 Å². The first kappa shape index (κ1) is 27.3. The van der Waals surface area contributed by atoms with Gasteiger partial charge in [-0.05, 0) is 24.3 Å². The van der Waals surface area contributed by atoms with Gasteiger partial charge in [0, 0.05) is 43.9 Å². The van der Waals surface area contributed by atoms with E-state index in [0.717, 1.165) is 24.3 Å². The summed E-state index contributed by atoms with van der Waals surface area (Å²) in [5.74, 6) is -2.43. The molecule has 1 aliphatic rings. The summed E-state index contributed by atoms with van der Waals surface area (Å²) in [6.07, 6.45) is 2.94. The zero-order valence-electron chi connectivity index (χ0n) is 20.0. The number of esters is 4. The Hall–Kier alpha value is -4.28. The van der Waals surface area contributed by atoms with E-state index >= 15 is 0 Å². The van der Waals surface area contributed by atoms with Crippen molar-refractivity contribution < 1.29 is 42.9 Å². The van der Waals surface area contributed by atoms with Crippen LogP contribution in [0.25, 0.3) is 0 Å². The van der Waals surface area contributed by atoms with Gasteiger partial charge in [0.2, 0.25) is 0 Å². The fraction of sp³-hybridized carbons (Fsp3) is 0.259. The van der Waals surface area contributed by atoms with E-state index in [9.17, 15) is 19.2 Å². The second kappa shape index (κ2) is 15.0. The molecule has 0 radical (unpaired) electrons. The van der Waals surface area contributed by atoms with Crippen LogP contribution in [0, 0.1) is 0 Å². The van der Waals surface area contributed by atoms with Gasteiger partial charge in [-0.1, -0.05) is 36.4 Å². The molecule has 3 rings (SSSR count).